The molecule has 4 aromatic rings. The van der Waals surface area contributed by atoms with E-state index < -0.39 is 22.0 Å². The lowest BCUT2D eigenvalue weighted by atomic mass is 10.3. The highest BCUT2D eigenvalue weighted by molar-refractivity contribution is 7.92. The van der Waals surface area contributed by atoms with Gasteiger partial charge in [0.05, 0.1) is 39.8 Å². The van der Waals surface area contributed by atoms with Gasteiger partial charge >= 0.3 is 0 Å². The maximum atomic E-state index is 13.3. The molecule has 3 aromatic carbocycles. The van der Waals surface area contributed by atoms with E-state index >= 15 is 0 Å². The zero-order valence-corrected chi connectivity index (χ0v) is 20.9. The van der Waals surface area contributed by atoms with Gasteiger partial charge in [-0.25, -0.2) is 18.4 Å². The highest BCUT2D eigenvalue weighted by atomic mass is 35.5. The Morgan fingerprint density at radius 3 is 2.36 bits per heavy atom. The smallest absolute Gasteiger partial charge is 0.263 e. The van der Waals surface area contributed by atoms with Gasteiger partial charge in [-0.05, 0) is 49.4 Å². The summed E-state index contributed by atoms with van der Waals surface area (Å²) >= 11 is 6.34. The minimum absolute atomic E-state index is 0.0439. The predicted molar refractivity (Wildman–Crippen MR) is 140 cm³/mol. The molecule has 36 heavy (non-hydrogen) atoms. The average Bonchev–Trinajstić information content (AvgIpc) is 2.85. The summed E-state index contributed by atoms with van der Waals surface area (Å²) in [5.74, 6) is 0.189. The maximum absolute atomic E-state index is 13.3. The first-order chi connectivity index (χ1) is 17.2. The number of nitrogens with zero attached hydrogens (tertiary/aromatic N) is 2. The normalized spacial score (nSPS) is 12.1. The van der Waals surface area contributed by atoms with Crippen LogP contribution < -0.4 is 25.8 Å². The summed E-state index contributed by atoms with van der Waals surface area (Å²) in [6.45, 7) is 1.53. The Morgan fingerprint density at radius 2 is 1.69 bits per heavy atom. The topological polar surface area (TPSA) is 148 Å². The summed E-state index contributed by atoms with van der Waals surface area (Å²) in [5, 5.41) is 6.00. The monoisotopic (exact) mass is 526 g/mol. The van der Waals surface area contributed by atoms with Crippen molar-refractivity contribution in [1.29, 1.82) is 0 Å². The Hall–Kier alpha value is -3.93. The first kappa shape index (κ1) is 25.2. The van der Waals surface area contributed by atoms with Gasteiger partial charge in [0.15, 0.2) is 11.6 Å². The van der Waals surface area contributed by atoms with Crippen molar-refractivity contribution in [3.05, 3.63) is 71.8 Å². The molecule has 0 bridgehead atoms. The third kappa shape index (κ3) is 5.65. The Labute approximate surface area is 212 Å². The minimum atomic E-state index is -4.13. The molecular weight excluding hydrogens is 504 g/mol. The largest absolute Gasteiger partial charge is 0.497 e. The number of aromatic nitrogens is 2. The van der Waals surface area contributed by atoms with Gasteiger partial charge in [0.2, 0.25) is 5.91 Å². The van der Waals surface area contributed by atoms with Gasteiger partial charge in [0.1, 0.15) is 5.75 Å². The highest BCUT2D eigenvalue weighted by Crippen LogP contribution is 2.33. The zero-order valence-electron chi connectivity index (χ0n) is 19.3. The zero-order chi connectivity index (χ0) is 25.9. The molecule has 1 atom stereocenters. The minimum Gasteiger partial charge on any atom is -0.497 e. The Morgan fingerprint density at radius 1 is 1.00 bits per heavy atom. The molecule has 1 heterocycles. The van der Waals surface area contributed by atoms with Gasteiger partial charge in [-0.2, -0.15) is 0 Å². The number of carbonyl (C=O) groups excluding carboxylic acids is 1. The molecule has 186 valence electrons. The molecule has 1 aromatic heterocycles. The number of anilines is 4. The Balaban J connectivity index is 1.73. The molecule has 0 aliphatic rings. The Kier molecular flexibility index (Phi) is 7.25. The van der Waals surface area contributed by atoms with Crippen molar-refractivity contribution in [2.24, 2.45) is 5.73 Å². The van der Waals surface area contributed by atoms with E-state index in [9.17, 15) is 13.2 Å². The number of hydrogen-bond donors (Lipinski definition) is 4. The molecule has 0 radical (unpaired) electrons. The SMILES string of the molecule is COc1ccc(Cl)c(Nc2nc3ccccc3nc2NS(=O)(=O)c2cccc(NC(=O)[C@@H](C)N)c2)c1. The van der Waals surface area contributed by atoms with Crippen LogP contribution in [0.25, 0.3) is 11.0 Å². The van der Waals surface area contributed by atoms with Crippen molar-refractivity contribution < 1.29 is 17.9 Å². The third-order valence-corrected chi connectivity index (χ3v) is 6.72. The number of methoxy groups -OCH3 is 1. The van der Waals surface area contributed by atoms with Gasteiger partial charge in [-0.15, -0.1) is 0 Å². The van der Waals surface area contributed by atoms with Crippen LogP contribution in [0, 0.1) is 0 Å². The number of halogens is 1. The van der Waals surface area contributed by atoms with Crippen LogP contribution in [0.1, 0.15) is 6.92 Å². The molecule has 12 heteroatoms. The van der Waals surface area contributed by atoms with Crippen LogP contribution >= 0.6 is 11.6 Å². The number of sulfonamides is 1. The van der Waals surface area contributed by atoms with Crippen molar-refractivity contribution in [3.63, 3.8) is 0 Å². The van der Waals surface area contributed by atoms with Crippen LogP contribution in [0.4, 0.5) is 23.0 Å². The summed E-state index contributed by atoms with van der Waals surface area (Å²) in [7, 11) is -2.61. The molecule has 0 saturated heterocycles. The molecule has 4 rings (SSSR count). The van der Waals surface area contributed by atoms with Crippen LogP contribution in [-0.2, 0) is 14.8 Å². The van der Waals surface area contributed by atoms with Crippen molar-refractivity contribution in [3.8, 4) is 5.75 Å². The second kappa shape index (κ2) is 10.4. The van der Waals surface area contributed by atoms with Gasteiger partial charge in [0, 0.05) is 11.8 Å². The van der Waals surface area contributed by atoms with E-state index in [1.807, 2.05) is 0 Å². The van der Waals surface area contributed by atoms with Gasteiger partial charge in [0.25, 0.3) is 10.0 Å². The highest BCUT2D eigenvalue weighted by Gasteiger charge is 2.20. The van der Waals surface area contributed by atoms with Crippen LogP contribution in [0.15, 0.2) is 71.6 Å². The van der Waals surface area contributed by atoms with E-state index in [0.717, 1.165) is 0 Å². The second-order valence-corrected chi connectivity index (χ2v) is 9.88. The second-order valence-electron chi connectivity index (χ2n) is 7.79. The van der Waals surface area contributed by atoms with Crippen molar-refractivity contribution in [1.82, 2.24) is 9.97 Å². The van der Waals surface area contributed by atoms with Crippen molar-refractivity contribution in [2.75, 3.05) is 22.5 Å². The van der Waals surface area contributed by atoms with E-state index in [1.165, 1.54) is 32.2 Å². The van der Waals surface area contributed by atoms with Gasteiger partial charge in [-0.1, -0.05) is 29.8 Å². The van der Waals surface area contributed by atoms with E-state index in [1.54, 1.807) is 48.5 Å². The van der Waals surface area contributed by atoms with Gasteiger partial charge in [-0.3, -0.25) is 9.52 Å². The summed E-state index contributed by atoms with van der Waals surface area (Å²) in [6.07, 6.45) is 0. The average molecular weight is 527 g/mol. The molecule has 0 unspecified atom stereocenters. The summed E-state index contributed by atoms with van der Waals surface area (Å²) in [4.78, 5) is 20.9. The number of para-hydroxylation sites is 2. The maximum Gasteiger partial charge on any atom is 0.263 e. The summed E-state index contributed by atoms with van der Waals surface area (Å²) < 4.78 is 34.3. The number of carbonyl (C=O) groups is 1. The number of hydrogen-bond acceptors (Lipinski definition) is 8. The fraction of sp³-hybridized carbons (Fsp3) is 0.125. The molecular formula is C24H23ClN6O4S. The number of nitrogens with one attached hydrogen (secondary N) is 3. The molecule has 1 amide bonds. The number of nitrogens with two attached hydrogens (primary N) is 1. The molecule has 0 aliphatic heterocycles. The standard InChI is InChI=1S/C24H23ClN6O4S/c1-14(26)24(32)27-15-6-5-7-17(12-15)36(33,34)31-23-22(28-19-8-3-4-9-20(19)29-23)30-21-13-16(35-2)10-11-18(21)25/h3-14H,26H2,1-2H3,(H,27,32)(H,28,30)(H,29,31)/t14-/m1/s1. The number of amides is 1. The van der Waals surface area contributed by atoms with E-state index in [4.69, 9.17) is 22.1 Å². The molecule has 0 fully saturated rings. The van der Waals surface area contributed by atoms with E-state index in [0.29, 0.717) is 27.5 Å². The molecule has 0 saturated carbocycles. The number of fused-ring (bicyclic) bond motifs is 1. The first-order valence-corrected chi connectivity index (χ1v) is 12.6. The van der Waals surface area contributed by atoms with Crippen LogP contribution in [0.2, 0.25) is 5.02 Å². The molecule has 0 aliphatic carbocycles. The number of ether oxygens (including phenoxy) is 1. The quantitative estimate of drug-likeness (QED) is 0.268. The molecule has 5 N–H and O–H groups in total. The molecule has 10 nitrogen and oxygen atoms in total. The number of rotatable bonds is 8. The summed E-state index contributed by atoms with van der Waals surface area (Å²) in [6, 6.07) is 17.1. The van der Waals surface area contributed by atoms with E-state index in [-0.39, 0.29) is 22.2 Å². The Bertz CT molecular complexity index is 1550. The van der Waals surface area contributed by atoms with Gasteiger partial charge < -0.3 is 21.1 Å². The van der Waals surface area contributed by atoms with Crippen molar-refractivity contribution >= 4 is 61.6 Å². The van der Waals surface area contributed by atoms with Crippen LogP contribution in [0.3, 0.4) is 0 Å². The number of benzene rings is 3. The fourth-order valence-electron chi connectivity index (χ4n) is 3.20. The molecule has 0 spiro atoms. The first-order valence-electron chi connectivity index (χ1n) is 10.7. The lowest BCUT2D eigenvalue weighted by Crippen LogP contribution is -2.32. The van der Waals surface area contributed by atoms with E-state index in [2.05, 4.69) is 25.3 Å². The summed E-state index contributed by atoms with van der Waals surface area (Å²) in [5.41, 5.74) is 7.34. The third-order valence-electron chi connectivity index (χ3n) is 5.05. The fourth-order valence-corrected chi connectivity index (χ4v) is 4.42. The van der Waals surface area contributed by atoms with Crippen LogP contribution in [0.5, 0.6) is 5.75 Å². The van der Waals surface area contributed by atoms with Crippen LogP contribution in [-0.4, -0.2) is 37.4 Å². The predicted octanol–water partition coefficient (Wildman–Crippen LogP) is 4.12. The lowest BCUT2D eigenvalue weighted by molar-refractivity contribution is -0.117. The lowest BCUT2D eigenvalue weighted by Gasteiger charge is -2.15. The van der Waals surface area contributed by atoms with Crippen molar-refractivity contribution in [2.45, 2.75) is 17.9 Å².